The monoisotopic (exact) mass is 510 g/mol. The molecule has 0 saturated carbocycles. The normalized spacial score (nSPS) is 10.8. The summed E-state index contributed by atoms with van der Waals surface area (Å²) in [6, 6.07) is -0.0836. The van der Waals surface area contributed by atoms with Gasteiger partial charge in [0.15, 0.2) is 0 Å². The quantitative estimate of drug-likeness (QED) is 0.0840. The van der Waals surface area contributed by atoms with Gasteiger partial charge in [0, 0.05) is 26.2 Å². The second kappa shape index (κ2) is 29.8. The van der Waals surface area contributed by atoms with Crippen LogP contribution in [-0.4, -0.2) is 38.2 Å². The number of unbranched alkanes of at least 4 members (excludes halogenated alkanes) is 19. The Morgan fingerprint density at radius 1 is 0.333 bits per heavy atom. The summed E-state index contributed by atoms with van der Waals surface area (Å²) >= 11 is 0. The third-order valence-corrected chi connectivity index (χ3v) is 6.81. The smallest absolute Gasteiger partial charge is 0.314 e. The molecular weight excluding hydrogens is 448 g/mol. The number of rotatable bonds is 27. The average molecular weight is 511 g/mol. The van der Waals surface area contributed by atoms with Crippen LogP contribution in [0.3, 0.4) is 0 Å². The predicted octanol–water partition coefficient (Wildman–Crippen LogP) is 8.21. The molecule has 36 heavy (non-hydrogen) atoms. The Hall–Kier alpha value is -1.46. The van der Waals surface area contributed by atoms with E-state index in [0.29, 0.717) is 0 Å². The van der Waals surface area contributed by atoms with Crippen molar-refractivity contribution in [2.75, 3.05) is 26.2 Å². The summed E-state index contributed by atoms with van der Waals surface area (Å²) in [5.41, 5.74) is 0. The molecule has 0 aromatic rings. The molecule has 0 heterocycles. The van der Waals surface area contributed by atoms with Crippen LogP contribution in [0.4, 0.5) is 9.59 Å². The number of hydrogen-bond donors (Lipinski definition) is 4. The highest BCUT2D eigenvalue weighted by molar-refractivity contribution is 5.74. The number of carbonyl (C=O) groups is 2. The van der Waals surface area contributed by atoms with E-state index in [-0.39, 0.29) is 12.1 Å². The highest BCUT2D eigenvalue weighted by atomic mass is 16.2. The molecule has 4 N–H and O–H groups in total. The van der Waals surface area contributed by atoms with E-state index in [9.17, 15) is 9.59 Å². The van der Waals surface area contributed by atoms with E-state index in [2.05, 4.69) is 35.1 Å². The van der Waals surface area contributed by atoms with E-state index in [0.717, 1.165) is 64.7 Å². The van der Waals surface area contributed by atoms with Gasteiger partial charge >= 0.3 is 12.1 Å². The number of amides is 4. The third-order valence-electron chi connectivity index (χ3n) is 6.81. The van der Waals surface area contributed by atoms with Crippen molar-refractivity contribution in [2.45, 2.75) is 155 Å². The van der Waals surface area contributed by atoms with E-state index in [1.807, 2.05) is 0 Å². The molecule has 0 rings (SSSR count). The van der Waals surface area contributed by atoms with Gasteiger partial charge in [0.2, 0.25) is 0 Å². The topological polar surface area (TPSA) is 82.3 Å². The van der Waals surface area contributed by atoms with Crippen LogP contribution < -0.4 is 21.3 Å². The average Bonchev–Trinajstić information content (AvgIpc) is 2.87. The van der Waals surface area contributed by atoms with Crippen molar-refractivity contribution in [3.63, 3.8) is 0 Å². The van der Waals surface area contributed by atoms with Crippen molar-refractivity contribution in [3.05, 3.63) is 0 Å². The van der Waals surface area contributed by atoms with Crippen molar-refractivity contribution in [3.8, 4) is 0 Å². The van der Waals surface area contributed by atoms with Gasteiger partial charge in [0.25, 0.3) is 0 Å². The first-order valence-electron chi connectivity index (χ1n) is 15.7. The summed E-state index contributed by atoms with van der Waals surface area (Å²) in [5.74, 6) is 0. The van der Waals surface area contributed by atoms with Gasteiger partial charge in [-0.3, -0.25) is 0 Å². The number of nitrogens with one attached hydrogen (secondary N) is 4. The van der Waals surface area contributed by atoms with Crippen LogP contribution in [0.25, 0.3) is 0 Å². The number of carbonyl (C=O) groups excluding carboxylic acids is 2. The molecule has 0 aromatic heterocycles. The van der Waals surface area contributed by atoms with E-state index in [1.165, 1.54) is 103 Å². The first-order chi connectivity index (χ1) is 17.7. The van der Waals surface area contributed by atoms with Crippen molar-refractivity contribution >= 4 is 12.1 Å². The minimum absolute atomic E-state index is 0.0418. The molecule has 0 aromatic carbocycles. The van der Waals surface area contributed by atoms with Crippen LogP contribution in [-0.2, 0) is 0 Å². The molecule has 0 radical (unpaired) electrons. The van der Waals surface area contributed by atoms with E-state index in [4.69, 9.17) is 0 Å². The van der Waals surface area contributed by atoms with E-state index >= 15 is 0 Å². The zero-order chi connectivity index (χ0) is 26.4. The molecule has 0 atom stereocenters. The fourth-order valence-corrected chi connectivity index (χ4v) is 4.41. The summed E-state index contributed by atoms with van der Waals surface area (Å²) < 4.78 is 0. The molecule has 4 amide bonds. The zero-order valence-electron chi connectivity index (χ0n) is 24.2. The minimum atomic E-state index is -0.0418. The van der Waals surface area contributed by atoms with Crippen LogP contribution in [0.15, 0.2) is 0 Å². The lowest BCUT2D eigenvalue weighted by Crippen LogP contribution is -2.36. The molecule has 214 valence electrons. The summed E-state index contributed by atoms with van der Waals surface area (Å²) in [5, 5.41) is 11.8. The van der Waals surface area contributed by atoms with Gasteiger partial charge in [-0.15, -0.1) is 0 Å². The van der Waals surface area contributed by atoms with Crippen LogP contribution in [0.1, 0.15) is 155 Å². The van der Waals surface area contributed by atoms with Crippen molar-refractivity contribution in [1.82, 2.24) is 21.3 Å². The fraction of sp³-hybridized carbons (Fsp3) is 0.933. The maximum absolute atomic E-state index is 11.8. The van der Waals surface area contributed by atoms with Crippen molar-refractivity contribution < 1.29 is 9.59 Å². The molecule has 0 aliphatic heterocycles. The lowest BCUT2D eigenvalue weighted by atomic mass is 10.1. The third kappa shape index (κ3) is 28.8. The van der Waals surface area contributed by atoms with E-state index in [1.54, 1.807) is 0 Å². The van der Waals surface area contributed by atoms with Gasteiger partial charge in [-0.2, -0.15) is 0 Å². The Labute approximate surface area is 224 Å². The van der Waals surface area contributed by atoms with Gasteiger partial charge in [0.05, 0.1) is 0 Å². The molecule has 0 aliphatic rings. The SMILES string of the molecule is CCCCCCCCCCCNC(=O)NCCCCCCNC(=O)NCCCCCCCCCCC. The largest absolute Gasteiger partial charge is 0.338 e. The Morgan fingerprint density at radius 3 is 0.750 bits per heavy atom. The van der Waals surface area contributed by atoms with Gasteiger partial charge in [-0.05, 0) is 25.7 Å². The van der Waals surface area contributed by atoms with Crippen molar-refractivity contribution in [1.29, 1.82) is 0 Å². The number of hydrogen-bond acceptors (Lipinski definition) is 2. The van der Waals surface area contributed by atoms with E-state index < -0.39 is 0 Å². The molecule has 6 nitrogen and oxygen atoms in total. The van der Waals surface area contributed by atoms with Crippen molar-refractivity contribution in [2.24, 2.45) is 0 Å². The molecule has 0 bridgehead atoms. The Kier molecular flexibility index (Phi) is 28.6. The van der Waals surface area contributed by atoms with Gasteiger partial charge in [0.1, 0.15) is 0 Å². The summed E-state index contributed by atoms with van der Waals surface area (Å²) in [7, 11) is 0. The van der Waals surface area contributed by atoms with Gasteiger partial charge < -0.3 is 21.3 Å². The second-order valence-electron chi connectivity index (χ2n) is 10.4. The fourth-order valence-electron chi connectivity index (χ4n) is 4.41. The lowest BCUT2D eigenvalue weighted by Gasteiger charge is -2.09. The zero-order valence-corrected chi connectivity index (χ0v) is 24.2. The highest BCUT2D eigenvalue weighted by Crippen LogP contribution is 2.10. The highest BCUT2D eigenvalue weighted by Gasteiger charge is 2.01. The Balaban J connectivity index is 3.25. The van der Waals surface area contributed by atoms with Crippen LogP contribution in [0.5, 0.6) is 0 Å². The molecular formula is C30H62N4O2. The van der Waals surface area contributed by atoms with Gasteiger partial charge in [-0.25, -0.2) is 9.59 Å². The van der Waals surface area contributed by atoms with Gasteiger partial charge in [-0.1, -0.05) is 129 Å². The molecule has 0 fully saturated rings. The summed E-state index contributed by atoms with van der Waals surface area (Å²) in [6.45, 7) is 7.49. The van der Waals surface area contributed by atoms with Crippen LogP contribution in [0, 0.1) is 0 Å². The maximum atomic E-state index is 11.8. The molecule has 0 unspecified atom stereocenters. The Bertz CT molecular complexity index is 432. The second-order valence-corrected chi connectivity index (χ2v) is 10.4. The first kappa shape index (κ1) is 34.5. The predicted molar refractivity (Wildman–Crippen MR) is 156 cm³/mol. The molecule has 0 saturated heterocycles. The van der Waals surface area contributed by atoms with Crippen LogP contribution in [0.2, 0.25) is 0 Å². The number of urea groups is 2. The molecule has 0 spiro atoms. The Morgan fingerprint density at radius 2 is 0.528 bits per heavy atom. The maximum Gasteiger partial charge on any atom is 0.314 e. The summed E-state index contributed by atoms with van der Waals surface area (Å²) in [6.07, 6.45) is 27.5. The standard InChI is InChI=1S/C30H62N4O2/c1-3-5-7-9-11-13-15-17-21-25-31-29(35)33-27-23-19-20-24-28-34-30(36)32-26-22-18-16-14-12-10-8-6-4-2/h3-28H2,1-2H3,(H2,31,33,35)(H2,32,34,36). The van der Waals surface area contributed by atoms with Crippen LogP contribution >= 0.6 is 0 Å². The summed E-state index contributed by atoms with van der Waals surface area (Å²) in [4.78, 5) is 23.6. The first-order valence-corrected chi connectivity index (χ1v) is 15.7. The lowest BCUT2D eigenvalue weighted by molar-refractivity contribution is 0.239. The minimum Gasteiger partial charge on any atom is -0.338 e. The molecule has 6 heteroatoms. The molecule has 0 aliphatic carbocycles.